The monoisotopic (exact) mass is 385 g/mol. The summed E-state index contributed by atoms with van der Waals surface area (Å²) in [5.41, 5.74) is 2.03. The second-order valence-electron chi connectivity index (χ2n) is 6.76. The second-order valence-corrected chi connectivity index (χ2v) is 7.62. The molecular weight excluding hydrogens is 361 g/mol. The molecule has 0 aliphatic carbocycles. The van der Waals surface area contributed by atoms with E-state index in [1.54, 1.807) is 29.8 Å². The third kappa shape index (κ3) is 4.10. The van der Waals surface area contributed by atoms with Gasteiger partial charge in [0.05, 0.1) is 5.39 Å². The van der Waals surface area contributed by atoms with Gasteiger partial charge in [0.25, 0.3) is 0 Å². The summed E-state index contributed by atoms with van der Waals surface area (Å²) in [6.45, 7) is 9.73. The van der Waals surface area contributed by atoms with Crippen LogP contribution in [0.3, 0.4) is 0 Å². The number of fused-ring (bicyclic) bond motifs is 1. The summed E-state index contributed by atoms with van der Waals surface area (Å²) >= 11 is 1.59. The van der Waals surface area contributed by atoms with Crippen LogP contribution in [0.1, 0.15) is 6.92 Å². The molecule has 142 valence electrons. The van der Waals surface area contributed by atoms with Crippen LogP contribution in [0.2, 0.25) is 0 Å². The molecule has 5 nitrogen and oxygen atoms in total. The van der Waals surface area contributed by atoms with Gasteiger partial charge in [0.15, 0.2) is 0 Å². The Morgan fingerprint density at radius 1 is 1.07 bits per heavy atom. The van der Waals surface area contributed by atoms with Crippen LogP contribution in [0.25, 0.3) is 21.3 Å². The van der Waals surface area contributed by atoms with Gasteiger partial charge < -0.3 is 10.2 Å². The lowest BCUT2D eigenvalue weighted by molar-refractivity contribution is 0.141. The fourth-order valence-electron chi connectivity index (χ4n) is 3.51. The fourth-order valence-corrected chi connectivity index (χ4v) is 4.43. The van der Waals surface area contributed by atoms with Crippen LogP contribution in [0.15, 0.2) is 36.0 Å². The molecule has 0 bridgehead atoms. The van der Waals surface area contributed by atoms with Gasteiger partial charge in [-0.05, 0) is 24.2 Å². The number of benzene rings is 1. The number of hydrogen-bond donors (Lipinski definition) is 1. The molecule has 3 aromatic rings. The largest absolute Gasteiger partial charge is 0.368 e. The van der Waals surface area contributed by atoms with Crippen LogP contribution in [0.5, 0.6) is 0 Å². The first kappa shape index (κ1) is 18.3. The number of nitrogens with one attached hydrogen (secondary N) is 1. The first-order valence-electron chi connectivity index (χ1n) is 9.41. The van der Waals surface area contributed by atoms with Crippen LogP contribution in [-0.4, -0.2) is 65.6 Å². The number of halogens is 1. The maximum atomic E-state index is 13.3. The Labute approximate surface area is 162 Å². The highest BCUT2D eigenvalue weighted by molar-refractivity contribution is 7.17. The molecule has 0 atom stereocenters. The van der Waals surface area contributed by atoms with Crippen molar-refractivity contribution < 1.29 is 4.39 Å². The fraction of sp³-hybridized carbons (Fsp3) is 0.400. The lowest BCUT2D eigenvalue weighted by Gasteiger charge is -2.34. The van der Waals surface area contributed by atoms with Crippen molar-refractivity contribution in [1.82, 2.24) is 19.8 Å². The summed E-state index contributed by atoms with van der Waals surface area (Å²) in [7, 11) is 0. The van der Waals surface area contributed by atoms with Crippen molar-refractivity contribution in [2.24, 2.45) is 0 Å². The number of rotatable bonds is 6. The molecule has 7 heteroatoms. The second kappa shape index (κ2) is 8.29. The quantitative estimate of drug-likeness (QED) is 0.703. The van der Waals surface area contributed by atoms with E-state index in [-0.39, 0.29) is 5.82 Å². The van der Waals surface area contributed by atoms with E-state index in [1.807, 2.05) is 0 Å². The molecular formula is C20H24FN5S. The number of anilines is 1. The van der Waals surface area contributed by atoms with Crippen molar-refractivity contribution in [3.05, 3.63) is 41.8 Å². The number of piperazine rings is 1. The SMILES string of the molecule is CCN1CCN(CCNc2ncnc3scc(-c4ccc(F)cc4)c23)CC1. The molecule has 0 spiro atoms. The first-order valence-corrected chi connectivity index (χ1v) is 10.3. The van der Waals surface area contributed by atoms with Crippen molar-refractivity contribution in [3.8, 4) is 11.1 Å². The third-order valence-electron chi connectivity index (χ3n) is 5.16. The van der Waals surface area contributed by atoms with Gasteiger partial charge in [-0.25, -0.2) is 14.4 Å². The molecule has 2 aromatic heterocycles. The summed E-state index contributed by atoms with van der Waals surface area (Å²) in [6.07, 6.45) is 1.61. The Morgan fingerprint density at radius 3 is 2.56 bits per heavy atom. The maximum Gasteiger partial charge on any atom is 0.138 e. The van der Waals surface area contributed by atoms with E-state index in [0.717, 1.165) is 73.0 Å². The van der Waals surface area contributed by atoms with E-state index in [1.165, 1.54) is 12.1 Å². The summed E-state index contributed by atoms with van der Waals surface area (Å²) in [6, 6.07) is 6.60. The predicted octanol–water partition coefficient (Wildman–Crippen LogP) is 3.55. The average molecular weight is 386 g/mol. The molecule has 3 heterocycles. The van der Waals surface area contributed by atoms with Crippen LogP contribution < -0.4 is 5.32 Å². The standard InChI is InChI=1S/C20H24FN5S/c1-2-25-9-11-26(12-10-25)8-7-22-19-18-17(13-27-20(18)24-14-23-19)15-3-5-16(21)6-4-15/h3-6,13-14H,2,7-12H2,1H3,(H,22,23,24). The number of aromatic nitrogens is 2. The predicted molar refractivity (Wildman–Crippen MR) is 110 cm³/mol. The highest BCUT2D eigenvalue weighted by Crippen LogP contribution is 2.36. The minimum atomic E-state index is -0.226. The van der Waals surface area contributed by atoms with Crippen molar-refractivity contribution >= 4 is 27.4 Å². The van der Waals surface area contributed by atoms with E-state index in [9.17, 15) is 4.39 Å². The number of hydrogen-bond acceptors (Lipinski definition) is 6. The summed E-state index contributed by atoms with van der Waals surface area (Å²) < 4.78 is 13.3. The lowest BCUT2D eigenvalue weighted by Crippen LogP contribution is -2.47. The molecule has 0 unspecified atom stereocenters. The van der Waals surface area contributed by atoms with Crippen LogP contribution >= 0.6 is 11.3 Å². The Hall–Kier alpha value is -2.09. The minimum absolute atomic E-state index is 0.226. The van der Waals surface area contributed by atoms with Crippen LogP contribution in [-0.2, 0) is 0 Å². The molecule has 1 saturated heterocycles. The zero-order valence-electron chi connectivity index (χ0n) is 15.5. The van der Waals surface area contributed by atoms with Gasteiger partial charge in [0.2, 0.25) is 0 Å². The van der Waals surface area contributed by atoms with Gasteiger partial charge in [-0.15, -0.1) is 11.3 Å². The molecule has 0 radical (unpaired) electrons. The van der Waals surface area contributed by atoms with Crippen molar-refractivity contribution in [2.75, 3.05) is 51.1 Å². The van der Waals surface area contributed by atoms with Gasteiger partial charge in [-0.3, -0.25) is 4.90 Å². The molecule has 1 fully saturated rings. The molecule has 0 amide bonds. The number of nitrogens with zero attached hydrogens (tertiary/aromatic N) is 4. The molecule has 1 aliphatic rings. The van der Waals surface area contributed by atoms with Crippen molar-refractivity contribution in [2.45, 2.75) is 6.92 Å². The molecule has 1 aromatic carbocycles. The van der Waals surface area contributed by atoms with Gasteiger partial charge in [-0.1, -0.05) is 19.1 Å². The molecule has 4 rings (SSSR count). The number of thiophene rings is 1. The van der Waals surface area contributed by atoms with Crippen LogP contribution in [0.4, 0.5) is 10.2 Å². The van der Waals surface area contributed by atoms with E-state index >= 15 is 0 Å². The summed E-state index contributed by atoms with van der Waals surface area (Å²) in [4.78, 5) is 14.8. The van der Waals surface area contributed by atoms with Crippen LogP contribution in [0, 0.1) is 5.82 Å². The van der Waals surface area contributed by atoms with Gasteiger partial charge in [0, 0.05) is 50.2 Å². The van der Waals surface area contributed by atoms with Gasteiger partial charge in [0.1, 0.15) is 22.8 Å². The van der Waals surface area contributed by atoms with Gasteiger partial charge in [-0.2, -0.15) is 0 Å². The van der Waals surface area contributed by atoms with E-state index in [0.29, 0.717) is 0 Å². The summed E-state index contributed by atoms with van der Waals surface area (Å²) in [5.74, 6) is 0.629. The maximum absolute atomic E-state index is 13.3. The smallest absolute Gasteiger partial charge is 0.138 e. The number of likely N-dealkylation sites (N-methyl/N-ethyl adjacent to an activating group) is 1. The van der Waals surface area contributed by atoms with E-state index < -0.39 is 0 Å². The molecule has 1 N–H and O–H groups in total. The van der Waals surface area contributed by atoms with Gasteiger partial charge >= 0.3 is 0 Å². The molecule has 0 saturated carbocycles. The average Bonchev–Trinajstić information content (AvgIpc) is 3.14. The first-order chi connectivity index (χ1) is 13.2. The Bertz CT molecular complexity index is 887. The zero-order valence-corrected chi connectivity index (χ0v) is 16.3. The Balaban J connectivity index is 1.47. The van der Waals surface area contributed by atoms with E-state index in [4.69, 9.17) is 0 Å². The normalized spacial score (nSPS) is 16.1. The highest BCUT2D eigenvalue weighted by atomic mass is 32.1. The Morgan fingerprint density at radius 2 is 1.81 bits per heavy atom. The van der Waals surface area contributed by atoms with Crippen molar-refractivity contribution in [3.63, 3.8) is 0 Å². The molecule has 1 aliphatic heterocycles. The third-order valence-corrected chi connectivity index (χ3v) is 6.04. The molecule has 27 heavy (non-hydrogen) atoms. The Kier molecular flexibility index (Phi) is 5.61. The highest BCUT2D eigenvalue weighted by Gasteiger charge is 2.16. The minimum Gasteiger partial charge on any atom is -0.368 e. The summed E-state index contributed by atoms with van der Waals surface area (Å²) in [5, 5.41) is 6.58. The van der Waals surface area contributed by atoms with Crippen molar-refractivity contribution in [1.29, 1.82) is 0 Å². The topological polar surface area (TPSA) is 44.3 Å². The van der Waals surface area contributed by atoms with E-state index in [2.05, 4.69) is 37.4 Å². The zero-order chi connectivity index (χ0) is 18.6. The lowest BCUT2D eigenvalue weighted by atomic mass is 10.1.